The van der Waals surface area contributed by atoms with Gasteiger partial charge in [-0.15, -0.1) is 0 Å². The van der Waals surface area contributed by atoms with Gasteiger partial charge in [0.05, 0.1) is 5.92 Å². The molecule has 2 aromatic rings. The van der Waals surface area contributed by atoms with Crippen LogP contribution >= 0.6 is 11.6 Å². The predicted octanol–water partition coefficient (Wildman–Crippen LogP) is 4.94. The van der Waals surface area contributed by atoms with Crippen LogP contribution in [0.15, 0.2) is 42.5 Å². The lowest BCUT2D eigenvalue weighted by Gasteiger charge is -2.20. The van der Waals surface area contributed by atoms with Crippen LogP contribution in [0.5, 0.6) is 0 Å². The van der Waals surface area contributed by atoms with Gasteiger partial charge in [-0.1, -0.05) is 50.6 Å². The fourth-order valence-corrected chi connectivity index (χ4v) is 3.47. The highest BCUT2D eigenvalue weighted by Crippen LogP contribution is 2.32. The lowest BCUT2D eigenvalue weighted by Crippen LogP contribution is -2.28. The summed E-state index contributed by atoms with van der Waals surface area (Å²) in [7, 11) is 0. The average molecular weight is 385 g/mol. The third-order valence-electron chi connectivity index (χ3n) is 5.04. The number of nitrogens with one attached hydrogen (secondary N) is 1. The topological polar surface area (TPSA) is 49.4 Å². The SMILES string of the molecule is Cc1c(Cl)cccc1N1C[C@H](C(=O)Nc2ccc(C(C)(C)C)cc2)CC1=O. The minimum Gasteiger partial charge on any atom is -0.326 e. The van der Waals surface area contributed by atoms with Gasteiger partial charge < -0.3 is 10.2 Å². The number of carbonyl (C=O) groups excluding carboxylic acids is 2. The standard InChI is InChI=1S/C22H25ClN2O2/c1-14-18(23)6-5-7-19(14)25-13-15(12-20(25)26)21(27)24-17-10-8-16(9-11-17)22(2,3)4/h5-11,15H,12-13H2,1-4H3,(H,24,27)/t15-/m1/s1. The minimum absolute atomic E-state index is 0.0522. The Bertz CT molecular complexity index is 869. The highest BCUT2D eigenvalue weighted by Gasteiger charge is 2.35. The molecule has 1 N–H and O–H groups in total. The molecule has 0 spiro atoms. The van der Waals surface area contributed by atoms with Crippen molar-refractivity contribution in [3.8, 4) is 0 Å². The van der Waals surface area contributed by atoms with Gasteiger partial charge in [0.15, 0.2) is 0 Å². The van der Waals surface area contributed by atoms with E-state index < -0.39 is 0 Å². The van der Waals surface area contributed by atoms with Gasteiger partial charge in [-0.25, -0.2) is 0 Å². The average Bonchev–Trinajstić information content (AvgIpc) is 2.99. The maximum absolute atomic E-state index is 12.7. The summed E-state index contributed by atoms with van der Waals surface area (Å²) >= 11 is 6.17. The molecule has 0 aromatic heterocycles. The molecule has 1 atom stereocenters. The molecular formula is C22H25ClN2O2. The van der Waals surface area contributed by atoms with Crippen LogP contribution in [-0.2, 0) is 15.0 Å². The molecule has 0 radical (unpaired) electrons. The monoisotopic (exact) mass is 384 g/mol. The summed E-state index contributed by atoms with van der Waals surface area (Å²) in [5.41, 5.74) is 3.65. The van der Waals surface area contributed by atoms with Crippen LogP contribution in [0.2, 0.25) is 5.02 Å². The molecule has 5 heteroatoms. The summed E-state index contributed by atoms with van der Waals surface area (Å²) in [5, 5.41) is 3.55. The second-order valence-corrected chi connectivity index (χ2v) is 8.51. The van der Waals surface area contributed by atoms with E-state index in [1.807, 2.05) is 43.3 Å². The first-order valence-corrected chi connectivity index (χ1v) is 9.51. The van der Waals surface area contributed by atoms with Gasteiger partial charge in [-0.05, 0) is 47.7 Å². The van der Waals surface area contributed by atoms with Crippen molar-refractivity contribution in [1.82, 2.24) is 0 Å². The zero-order valence-corrected chi connectivity index (χ0v) is 16.9. The molecule has 1 aliphatic rings. The van der Waals surface area contributed by atoms with Crippen molar-refractivity contribution in [2.45, 2.75) is 39.5 Å². The molecule has 0 bridgehead atoms. The van der Waals surface area contributed by atoms with Gasteiger partial charge in [0.2, 0.25) is 11.8 Å². The van der Waals surface area contributed by atoms with Crippen LogP contribution in [0.4, 0.5) is 11.4 Å². The van der Waals surface area contributed by atoms with Gasteiger partial charge in [-0.3, -0.25) is 9.59 Å². The minimum atomic E-state index is -0.377. The van der Waals surface area contributed by atoms with E-state index in [2.05, 4.69) is 26.1 Å². The zero-order chi connectivity index (χ0) is 19.8. The fourth-order valence-electron chi connectivity index (χ4n) is 3.30. The van der Waals surface area contributed by atoms with E-state index in [-0.39, 0.29) is 29.6 Å². The molecule has 1 fully saturated rings. The molecule has 3 rings (SSSR count). The summed E-state index contributed by atoms with van der Waals surface area (Å²) in [4.78, 5) is 26.8. The molecule has 0 aliphatic carbocycles. The van der Waals surface area contributed by atoms with Crippen molar-refractivity contribution in [2.75, 3.05) is 16.8 Å². The Morgan fingerprint density at radius 2 is 1.81 bits per heavy atom. The molecule has 1 heterocycles. The van der Waals surface area contributed by atoms with E-state index in [0.717, 1.165) is 16.9 Å². The number of benzene rings is 2. The molecule has 1 saturated heterocycles. The molecule has 0 unspecified atom stereocenters. The first kappa shape index (κ1) is 19.4. The van der Waals surface area contributed by atoms with Crippen molar-refractivity contribution >= 4 is 34.8 Å². The largest absolute Gasteiger partial charge is 0.326 e. The van der Waals surface area contributed by atoms with Crippen LogP contribution in [0, 0.1) is 12.8 Å². The summed E-state index contributed by atoms with van der Waals surface area (Å²) in [6.07, 6.45) is 0.206. The quantitative estimate of drug-likeness (QED) is 0.814. The molecule has 142 valence electrons. The van der Waals surface area contributed by atoms with E-state index in [1.165, 1.54) is 5.56 Å². The number of amides is 2. The van der Waals surface area contributed by atoms with Crippen LogP contribution in [0.1, 0.15) is 38.3 Å². The first-order chi connectivity index (χ1) is 12.7. The number of rotatable bonds is 3. The Kier molecular flexibility index (Phi) is 5.29. The van der Waals surface area contributed by atoms with Crippen molar-refractivity contribution < 1.29 is 9.59 Å². The smallest absolute Gasteiger partial charge is 0.229 e. The van der Waals surface area contributed by atoms with Crippen molar-refractivity contribution in [1.29, 1.82) is 0 Å². The lowest BCUT2D eigenvalue weighted by atomic mass is 9.87. The Morgan fingerprint density at radius 1 is 1.15 bits per heavy atom. The fraction of sp³-hybridized carbons (Fsp3) is 0.364. The number of carbonyl (C=O) groups is 2. The van der Waals surface area contributed by atoms with Crippen molar-refractivity contribution in [2.24, 2.45) is 5.92 Å². The third-order valence-corrected chi connectivity index (χ3v) is 5.45. The van der Waals surface area contributed by atoms with E-state index in [4.69, 9.17) is 11.6 Å². The van der Waals surface area contributed by atoms with E-state index in [1.54, 1.807) is 11.0 Å². The number of hydrogen-bond donors (Lipinski definition) is 1. The highest BCUT2D eigenvalue weighted by atomic mass is 35.5. The summed E-state index contributed by atoms with van der Waals surface area (Å²) in [5.74, 6) is -0.559. The molecule has 4 nitrogen and oxygen atoms in total. The number of anilines is 2. The first-order valence-electron chi connectivity index (χ1n) is 9.13. The Balaban J connectivity index is 1.70. The summed E-state index contributed by atoms with van der Waals surface area (Å²) in [6.45, 7) is 8.70. The van der Waals surface area contributed by atoms with Crippen molar-refractivity contribution in [3.63, 3.8) is 0 Å². The third kappa shape index (κ3) is 4.16. The van der Waals surface area contributed by atoms with Crippen molar-refractivity contribution in [3.05, 3.63) is 58.6 Å². The van der Waals surface area contributed by atoms with E-state index in [0.29, 0.717) is 11.6 Å². The normalized spacial score (nSPS) is 17.3. The molecule has 1 aliphatic heterocycles. The zero-order valence-electron chi connectivity index (χ0n) is 16.2. The maximum atomic E-state index is 12.7. The Labute approximate surface area is 165 Å². The molecule has 27 heavy (non-hydrogen) atoms. The van der Waals surface area contributed by atoms with Gasteiger partial charge in [0.25, 0.3) is 0 Å². The van der Waals surface area contributed by atoms with Crippen LogP contribution in [0.25, 0.3) is 0 Å². The predicted molar refractivity (Wildman–Crippen MR) is 110 cm³/mol. The number of nitrogens with zero attached hydrogens (tertiary/aromatic N) is 1. The number of halogens is 1. The molecular weight excluding hydrogens is 360 g/mol. The Morgan fingerprint density at radius 3 is 2.44 bits per heavy atom. The van der Waals surface area contributed by atoms with Gasteiger partial charge in [0.1, 0.15) is 0 Å². The molecule has 0 saturated carbocycles. The van der Waals surface area contributed by atoms with Gasteiger partial charge >= 0.3 is 0 Å². The van der Waals surface area contributed by atoms with Crippen LogP contribution in [-0.4, -0.2) is 18.4 Å². The van der Waals surface area contributed by atoms with E-state index >= 15 is 0 Å². The highest BCUT2D eigenvalue weighted by molar-refractivity contribution is 6.31. The second kappa shape index (κ2) is 7.35. The maximum Gasteiger partial charge on any atom is 0.229 e. The van der Waals surface area contributed by atoms with E-state index in [9.17, 15) is 9.59 Å². The summed E-state index contributed by atoms with van der Waals surface area (Å²) in [6, 6.07) is 13.4. The van der Waals surface area contributed by atoms with Gasteiger partial charge in [-0.2, -0.15) is 0 Å². The Hall–Kier alpha value is -2.33. The second-order valence-electron chi connectivity index (χ2n) is 8.11. The van der Waals surface area contributed by atoms with Crippen LogP contribution in [0.3, 0.4) is 0 Å². The van der Waals surface area contributed by atoms with Gasteiger partial charge in [0, 0.05) is 29.4 Å². The molecule has 2 amide bonds. The number of hydrogen-bond acceptors (Lipinski definition) is 2. The van der Waals surface area contributed by atoms with Crippen LogP contribution < -0.4 is 10.2 Å². The lowest BCUT2D eigenvalue weighted by molar-refractivity contribution is -0.122. The molecule has 2 aromatic carbocycles. The summed E-state index contributed by atoms with van der Waals surface area (Å²) < 4.78 is 0.